The first-order valence-corrected chi connectivity index (χ1v) is 10.3. The number of ether oxygens (including phenoxy) is 1. The van der Waals surface area contributed by atoms with Crippen LogP contribution < -0.4 is 15.8 Å². The summed E-state index contributed by atoms with van der Waals surface area (Å²) in [4.78, 5) is 29.5. The zero-order valence-electron chi connectivity index (χ0n) is 17.5. The van der Waals surface area contributed by atoms with E-state index in [1.165, 1.54) is 4.90 Å². The van der Waals surface area contributed by atoms with Crippen LogP contribution in [0, 0.1) is 23.0 Å². The minimum atomic E-state index is -0.917. The van der Waals surface area contributed by atoms with E-state index in [1.807, 2.05) is 0 Å². The molecule has 170 valence electrons. The number of nitriles is 1. The summed E-state index contributed by atoms with van der Waals surface area (Å²) in [7, 11) is 0. The Morgan fingerprint density at radius 2 is 2.03 bits per heavy atom. The van der Waals surface area contributed by atoms with Gasteiger partial charge in [0.2, 0.25) is 5.91 Å². The van der Waals surface area contributed by atoms with E-state index >= 15 is 0 Å². The van der Waals surface area contributed by atoms with Gasteiger partial charge in [-0.3, -0.25) is 10.1 Å². The second-order valence-electron chi connectivity index (χ2n) is 7.82. The lowest BCUT2D eigenvalue weighted by Gasteiger charge is -2.23. The molecule has 4 rings (SSSR count). The van der Waals surface area contributed by atoms with Crippen LogP contribution >= 0.6 is 0 Å². The number of rotatable bonds is 5. The number of nitrogens with two attached hydrogens (primary N) is 1. The third kappa shape index (κ3) is 4.94. The van der Waals surface area contributed by atoms with E-state index in [-0.39, 0.29) is 23.8 Å². The molecule has 0 saturated carbocycles. The number of aromatic amines is 1. The number of amides is 2. The average Bonchev–Trinajstić information content (AvgIpc) is 3.39. The van der Waals surface area contributed by atoms with Gasteiger partial charge >= 0.3 is 6.09 Å². The number of nitrogens with one attached hydrogen (secondary N) is 2. The first-order valence-electron chi connectivity index (χ1n) is 10.3. The number of hydrogen-bond donors (Lipinski definition) is 3. The predicted molar refractivity (Wildman–Crippen MR) is 116 cm³/mol. The third-order valence-corrected chi connectivity index (χ3v) is 5.50. The van der Waals surface area contributed by atoms with E-state index in [4.69, 9.17) is 10.5 Å². The lowest BCUT2D eigenvalue weighted by Crippen LogP contribution is -2.46. The van der Waals surface area contributed by atoms with E-state index < -0.39 is 29.8 Å². The van der Waals surface area contributed by atoms with Crippen LogP contribution in [0.25, 0.3) is 10.9 Å². The largest absolute Gasteiger partial charge is 0.417 e. The molecule has 1 aliphatic rings. The first-order chi connectivity index (χ1) is 15.8. The first kappa shape index (κ1) is 22.2. The second-order valence-corrected chi connectivity index (χ2v) is 7.82. The van der Waals surface area contributed by atoms with Gasteiger partial charge in [-0.25, -0.2) is 13.6 Å². The lowest BCUT2D eigenvalue weighted by molar-refractivity contribution is -0.132. The SMILES string of the molecule is N#CC1CCCN1C(=O)C(N)Cc1c[nH]c2ccc(OC(=O)Nc3cc(F)cc(F)c3)cc12. The highest BCUT2D eigenvalue weighted by atomic mass is 19.1. The number of carbonyl (C=O) groups is 2. The average molecular weight is 453 g/mol. The van der Waals surface area contributed by atoms with Crippen molar-refractivity contribution in [1.29, 1.82) is 5.26 Å². The van der Waals surface area contributed by atoms with Crippen LogP contribution in [0.15, 0.2) is 42.6 Å². The summed E-state index contributed by atoms with van der Waals surface area (Å²) in [6.07, 6.45) is 2.45. The molecule has 2 unspecified atom stereocenters. The Labute approximate surface area is 187 Å². The Morgan fingerprint density at radius 3 is 2.76 bits per heavy atom. The summed E-state index contributed by atoms with van der Waals surface area (Å²) in [5, 5.41) is 12.2. The molecule has 3 aromatic rings. The standard InChI is InChI=1S/C23H21F2N5O3/c24-14-7-15(25)9-16(8-14)29-23(32)33-18-3-4-21-19(10-18)13(12-28-21)6-20(27)22(31)30-5-1-2-17(30)11-26/h3-4,7-10,12,17,20,28H,1-2,5-6,27H2,(H,29,32). The minimum absolute atomic E-state index is 0.0806. The van der Waals surface area contributed by atoms with E-state index in [0.29, 0.717) is 24.4 Å². The van der Waals surface area contributed by atoms with Crippen molar-refractivity contribution in [1.82, 2.24) is 9.88 Å². The lowest BCUT2D eigenvalue weighted by atomic mass is 10.0. The fourth-order valence-corrected chi connectivity index (χ4v) is 3.97. The summed E-state index contributed by atoms with van der Waals surface area (Å²) < 4.78 is 31.8. The highest BCUT2D eigenvalue weighted by Gasteiger charge is 2.31. The number of aromatic nitrogens is 1. The van der Waals surface area contributed by atoms with Gasteiger partial charge in [-0.1, -0.05) is 0 Å². The molecule has 10 heteroatoms. The number of fused-ring (bicyclic) bond motifs is 1. The monoisotopic (exact) mass is 453 g/mol. The van der Waals surface area contributed by atoms with Gasteiger partial charge < -0.3 is 20.4 Å². The summed E-state index contributed by atoms with van der Waals surface area (Å²) in [5.74, 6) is -1.74. The highest BCUT2D eigenvalue weighted by molar-refractivity contribution is 5.89. The van der Waals surface area contributed by atoms with Crippen LogP contribution in [0.1, 0.15) is 18.4 Å². The zero-order valence-corrected chi connectivity index (χ0v) is 17.5. The van der Waals surface area contributed by atoms with Gasteiger partial charge in [-0.15, -0.1) is 0 Å². The molecule has 0 radical (unpaired) electrons. The van der Waals surface area contributed by atoms with Crippen LogP contribution in [0.2, 0.25) is 0 Å². The predicted octanol–water partition coefficient (Wildman–Crippen LogP) is 3.44. The molecule has 33 heavy (non-hydrogen) atoms. The number of likely N-dealkylation sites (tertiary alicyclic amines) is 1. The van der Waals surface area contributed by atoms with Crippen molar-refractivity contribution in [3.63, 3.8) is 0 Å². The summed E-state index contributed by atoms with van der Waals surface area (Å²) in [6.45, 7) is 0.515. The van der Waals surface area contributed by atoms with Gasteiger partial charge in [0.1, 0.15) is 23.4 Å². The maximum absolute atomic E-state index is 13.3. The topological polar surface area (TPSA) is 124 Å². The molecule has 1 saturated heterocycles. The van der Waals surface area contributed by atoms with Crippen LogP contribution in [0.5, 0.6) is 5.75 Å². The maximum Gasteiger partial charge on any atom is 0.417 e. The third-order valence-electron chi connectivity index (χ3n) is 5.50. The molecule has 2 aromatic carbocycles. The molecule has 1 fully saturated rings. The van der Waals surface area contributed by atoms with Gasteiger partial charge in [-0.2, -0.15) is 5.26 Å². The van der Waals surface area contributed by atoms with Gasteiger partial charge in [0.25, 0.3) is 0 Å². The van der Waals surface area contributed by atoms with Gasteiger partial charge in [0.15, 0.2) is 0 Å². The van der Waals surface area contributed by atoms with Crippen molar-refractivity contribution in [2.45, 2.75) is 31.3 Å². The maximum atomic E-state index is 13.3. The Kier molecular flexibility index (Phi) is 6.24. The highest BCUT2D eigenvalue weighted by Crippen LogP contribution is 2.26. The Hall–Kier alpha value is -3.97. The number of halogens is 2. The number of benzene rings is 2. The van der Waals surface area contributed by atoms with Gasteiger partial charge in [0, 0.05) is 35.4 Å². The van der Waals surface area contributed by atoms with Gasteiger partial charge in [-0.05, 0) is 55.2 Å². The molecular formula is C23H21F2N5O3. The van der Waals surface area contributed by atoms with Crippen molar-refractivity contribution in [3.05, 3.63) is 59.8 Å². The van der Waals surface area contributed by atoms with E-state index in [9.17, 15) is 23.6 Å². The van der Waals surface area contributed by atoms with E-state index in [0.717, 1.165) is 29.6 Å². The van der Waals surface area contributed by atoms with Crippen LogP contribution in [-0.2, 0) is 11.2 Å². The van der Waals surface area contributed by atoms with Crippen molar-refractivity contribution < 1.29 is 23.1 Å². The fraction of sp³-hybridized carbons (Fsp3) is 0.261. The number of anilines is 1. The Balaban J connectivity index is 1.46. The summed E-state index contributed by atoms with van der Waals surface area (Å²) in [6, 6.07) is 8.35. The normalized spacial score (nSPS) is 16.4. The molecule has 1 aliphatic heterocycles. The van der Waals surface area contributed by atoms with Crippen molar-refractivity contribution in [2.75, 3.05) is 11.9 Å². The quantitative estimate of drug-likeness (QED) is 0.546. The van der Waals surface area contributed by atoms with Crippen LogP contribution in [-0.4, -0.2) is 40.5 Å². The fourth-order valence-electron chi connectivity index (χ4n) is 3.97. The zero-order chi connectivity index (χ0) is 23.5. The number of nitrogens with zero attached hydrogens (tertiary/aromatic N) is 2. The Morgan fingerprint density at radius 1 is 1.27 bits per heavy atom. The van der Waals surface area contributed by atoms with E-state index in [1.54, 1.807) is 24.4 Å². The van der Waals surface area contributed by atoms with E-state index in [2.05, 4.69) is 16.4 Å². The van der Waals surface area contributed by atoms with Crippen molar-refractivity contribution in [3.8, 4) is 11.8 Å². The molecule has 2 atom stereocenters. The molecule has 2 amide bonds. The van der Waals surface area contributed by atoms with Gasteiger partial charge in [0.05, 0.1) is 12.1 Å². The summed E-state index contributed by atoms with van der Waals surface area (Å²) >= 11 is 0. The summed E-state index contributed by atoms with van der Waals surface area (Å²) in [5.41, 5.74) is 7.57. The smallest absolute Gasteiger partial charge is 0.410 e. The van der Waals surface area contributed by atoms with Crippen molar-refractivity contribution in [2.24, 2.45) is 5.73 Å². The molecule has 2 heterocycles. The molecule has 0 aliphatic carbocycles. The van der Waals surface area contributed by atoms with Crippen LogP contribution in [0.3, 0.4) is 0 Å². The molecule has 4 N–H and O–H groups in total. The number of H-pyrrole nitrogens is 1. The molecular weight excluding hydrogens is 432 g/mol. The number of hydrogen-bond acceptors (Lipinski definition) is 5. The van der Waals surface area contributed by atoms with Crippen molar-refractivity contribution >= 4 is 28.6 Å². The number of carbonyl (C=O) groups excluding carboxylic acids is 2. The second kappa shape index (κ2) is 9.26. The molecule has 8 nitrogen and oxygen atoms in total. The molecule has 0 spiro atoms. The molecule has 1 aromatic heterocycles. The Bertz CT molecular complexity index is 1230. The molecule has 0 bridgehead atoms. The minimum Gasteiger partial charge on any atom is -0.410 e. The van der Waals surface area contributed by atoms with Crippen LogP contribution in [0.4, 0.5) is 19.3 Å².